The molecule has 0 aromatic heterocycles. The Balaban J connectivity index is 2.57. The third kappa shape index (κ3) is 4.90. The highest BCUT2D eigenvalue weighted by molar-refractivity contribution is 5.75. The summed E-state index contributed by atoms with van der Waals surface area (Å²) in [6.45, 7) is 8.82. The summed E-state index contributed by atoms with van der Waals surface area (Å²) in [5.41, 5.74) is 4.26. The minimum Gasteiger partial charge on any atom is -0.465 e. The van der Waals surface area contributed by atoms with Gasteiger partial charge in [0.15, 0.2) is 13.6 Å². The van der Waals surface area contributed by atoms with Crippen molar-refractivity contribution in [3.63, 3.8) is 0 Å². The SMILES string of the molecule is COCOc1ccc(C)cc1N(c1cc(C)ccc1OCOC)C(C)C. The Morgan fingerprint density at radius 3 is 1.54 bits per heavy atom. The van der Waals surface area contributed by atoms with E-state index in [0.717, 1.165) is 34.0 Å². The molecule has 0 N–H and O–H groups in total. The number of ether oxygens (including phenoxy) is 4. The first kappa shape index (κ1) is 20.1. The van der Waals surface area contributed by atoms with Gasteiger partial charge in [0, 0.05) is 20.3 Å². The molecule has 142 valence electrons. The molecule has 0 radical (unpaired) electrons. The Kier molecular flexibility index (Phi) is 7.30. The van der Waals surface area contributed by atoms with Gasteiger partial charge in [0.2, 0.25) is 0 Å². The summed E-state index contributed by atoms with van der Waals surface area (Å²) in [5.74, 6) is 1.54. The number of methoxy groups -OCH3 is 2. The van der Waals surface area contributed by atoms with E-state index in [9.17, 15) is 0 Å². The number of nitrogens with zero attached hydrogens (tertiary/aromatic N) is 1. The lowest BCUT2D eigenvalue weighted by Crippen LogP contribution is -2.27. The minimum atomic E-state index is 0.188. The molecule has 0 spiro atoms. The van der Waals surface area contributed by atoms with Crippen LogP contribution in [0, 0.1) is 13.8 Å². The number of rotatable bonds is 9. The van der Waals surface area contributed by atoms with Gasteiger partial charge in [-0.3, -0.25) is 0 Å². The first-order valence-electron chi connectivity index (χ1n) is 8.72. The second-order valence-electron chi connectivity index (χ2n) is 6.51. The summed E-state index contributed by atoms with van der Waals surface area (Å²) in [5, 5.41) is 0. The molecule has 0 unspecified atom stereocenters. The van der Waals surface area contributed by atoms with Gasteiger partial charge in [0.25, 0.3) is 0 Å². The largest absolute Gasteiger partial charge is 0.465 e. The van der Waals surface area contributed by atoms with Gasteiger partial charge in [0.1, 0.15) is 11.5 Å². The third-order valence-corrected chi connectivity index (χ3v) is 3.93. The number of benzene rings is 2. The van der Waals surface area contributed by atoms with E-state index in [4.69, 9.17) is 18.9 Å². The molecule has 26 heavy (non-hydrogen) atoms. The summed E-state index contributed by atoms with van der Waals surface area (Å²) in [6, 6.07) is 12.4. The van der Waals surface area contributed by atoms with Crippen molar-refractivity contribution in [2.45, 2.75) is 33.7 Å². The molecular weight excluding hydrogens is 330 g/mol. The van der Waals surface area contributed by atoms with Gasteiger partial charge in [-0.05, 0) is 63.1 Å². The predicted molar refractivity (Wildman–Crippen MR) is 105 cm³/mol. The van der Waals surface area contributed by atoms with Gasteiger partial charge in [-0.25, -0.2) is 0 Å². The maximum absolute atomic E-state index is 5.82. The molecule has 0 saturated carbocycles. The lowest BCUT2D eigenvalue weighted by Gasteiger charge is -2.32. The topological polar surface area (TPSA) is 40.2 Å². The van der Waals surface area contributed by atoms with Crippen LogP contribution in [0.3, 0.4) is 0 Å². The number of hydrogen-bond donors (Lipinski definition) is 0. The van der Waals surface area contributed by atoms with Crippen molar-refractivity contribution in [3.05, 3.63) is 47.5 Å². The fourth-order valence-corrected chi connectivity index (χ4v) is 2.81. The Morgan fingerprint density at radius 1 is 0.769 bits per heavy atom. The van der Waals surface area contributed by atoms with Crippen molar-refractivity contribution in [2.24, 2.45) is 0 Å². The van der Waals surface area contributed by atoms with Crippen LogP contribution in [0.1, 0.15) is 25.0 Å². The molecule has 0 atom stereocenters. The highest BCUT2D eigenvalue weighted by atomic mass is 16.7. The fourth-order valence-electron chi connectivity index (χ4n) is 2.81. The van der Waals surface area contributed by atoms with E-state index in [1.165, 1.54) is 0 Å². The summed E-state index contributed by atoms with van der Waals surface area (Å²) in [6.07, 6.45) is 0. The molecule has 0 fully saturated rings. The summed E-state index contributed by atoms with van der Waals surface area (Å²) < 4.78 is 21.8. The van der Waals surface area contributed by atoms with E-state index >= 15 is 0 Å². The van der Waals surface area contributed by atoms with E-state index in [2.05, 4.69) is 44.7 Å². The summed E-state index contributed by atoms with van der Waals surface area (Å²) >= 11 is 0. The van der Waals surface area contributed by atoms with Gasteiger partial charge in [0.05, 0.1) is 11.4 Å². The number of hydrogen-bond acceptors (Lipinski definition) is 5. The Labute approximate surface area is 156 Å². The summed E-state index contributed by atoms with van der Waals surface area (Å²) in [7, 11) is 3.23. The molecule has 0 bridgehead atoms. The average molecular weight is 359 g/mol. The zero-order valence-corrected chi connectivity index (χ0v) is 16.5. The molecule has 2 rings (SSSR count). The molecule has 5 heteroatoms. The van der Waals surface area contributed by atoms with Gasteiger partial charge >= 0.3 is 0 Å². The van der Waals surface area contributed by atoms with Gasteiger partial charge in [-0.15, -0.1) is 0 Å². The molecule has 5 nitrogen and oxygen atoms in total. The zero-order chi connectivity index (χ0) is 19.1. The molecule has 0 saturated heterocycles. The van der Waals surface area contributed by atoms with Crippen LogP contribution in [-0.4, -0.2) is 33.8 Å². The second kappa shape index (κ2) is 9.46. The normalized spacial score (nSPS) is 10.9. The Bertz CT molecular complexity index is 658. The maximum atomic E-state index is 5.82. The molecule has 2 aromatic rings. The van der Waals surface area contributed by atoms with E-state index in [0.29, 0.717) is 0 Å². The number of anilines is 2. The molecule has 0 amide bonds. The number of aryl methyl sites for hydroxylation is 2. The highest BCUT2D eigenvalue weighted by Gasteiger charge is 2.21. The minimum absolute atomic E-state index is 0.188. The lowest BCUT2D eigenvalue weighted by atomic mass is 10.1. The maximum Gasteiger partial charge on any atom is 0.188 e. The predicted octanol–water partition coefficient (Wildman–Crippen LogP) is 4.82. The second-order valence-corrected chi connectivity index (χ2v) is 6.51. The van der Waals surface area contributed by atoms with Crippen LogP contribution in [-0.2, 0) is 9.47 Å². The first-order valence-corrected chi connectivity index (χ1v) is 8.72. The fraction of sp³-hybridized carbons (Fsp3) is 0.429. The first-order chi connectivity index (χ1) is 12.5. The van der Waals surface area contributed by atoms with E-state index in [-0.39, 0.29) is 19.6 Å². The Morgan fingerprint density at radius 2 is 1.19 bits per heavy atom. The molecular formula is C21H29NO4. The molecule has 0 aliphatic rings. The quantitative estimate of drug-likeness (QED) is 0.601. The van der Waals surface area contributed by atoms with Crippen LogP contribution in [0.5, 0.6) is 11.5 Å². The van der Waals surface area contributed by atoms with Crippen molar-refractivity contribution < 1.29 is 18.9 Å². The van der Waals surface area contributed by atoms with E-state index in [1.807, 2.05) is 24.3 Å². The molecule has 2 aromatic carbocycles. The van der Waals surface area contributed by atoms with Crippen LogP contribution >= 0.6 is 0 Å². The highest BCUT2D eigenvalue weighted by Crippen LogP contribution is 2.41. The standard InChI is InChI=1S/C21H29NO4/c1-15(2)22(18-11-16(3)7-9-20(18)25-13-23-5)19-12-17(4)8-10-21(19)26-14-24-6/h7-12,15H,13-14H2,1-6H3. The van der Waals surface area contributed by atoms with Crippen LogP contribution < -0.4 is 14.4 Å². The molecule has 0 aliphatic carbocycles. The third-order valence-electron chi connectivity index (χ3n) is 3.93. The van der Waals surface area contributed by atoms with Gasteiger partial charge in [-0.2, -0.15) is 0 Å². The van der Waals surface area contributed by atoms with Crippen LogP contribution in [0.4, 0.5) is 11.4 Å². The molecule has 0 aliphatic heterocycles. The van der Waals surface area contributed by atoms with E-state index < -0.39 is 0 Å². The molecule has 0 heterocycles. The Hall–Kier alpha value is -2.24. The van der Waals surface area contributed by atoms with Crippen molar-refractivity contribution in [3.8, 4) is 11.5 Å². The van der Waals surface area contributed by atoms with Crippen molar-refractivity contribution >= 4 is 11.4 Å². The van der Waals surface area contributed by atoms with Crippen LogP contribution in [0.2, 0.25) is 0 Å². The van der Waals surface area contributed by atoms with Crippen LogP contribution in [0.25, 0.3) is 0 Å². The van der Waals surface area contributed by atoms with Crippen molar-refractivity contribution in [2.75, 3.05) is 32.7 Å². The monoisotopic (exact) mass is 359 g/mol. The van der Waals surface area contributed by atoms with Crippen LogP contribution in [0.15, 0.2) is 36.4 Å². The zero-order valence-electron chi connectivity index (χ0n) is 16.5. The van der Waals surface area contributed by atoms with Crippen molar-refractivity contribution in [1.29, 1.82) is 0 Å². The van der Waals surface area contributed by atoms with Crippen molar-refractivity contribution in [1.82, 2.24) is 0 Å². The van der Waals surface area contributed by atoms with E-state index in [1.54, 1.807) is 14.2 Å². The average Bonchev–Trinajstić information content (AvgIpc) is 2.60. The van der Waals surface area contributed by atoms with Gasteiger partial charge in [-0.1, -0.05) is 12.1 Å². The smallest absolute Gasteiger partial charge is 0.188 e. The van der Waals surface area contributed by atoms with Gasteiger partial charge < -0.3 is 23.8 Å². The lowest BCUT2D eigenvalue weighted by molar-refractivity contribution is 0.0509. The summed E-state index contributed by atoms with van der Waals surface area (Å²) in [4.78, 5) is 2.22.